The Kier molecular flexibility index (Phi) is 4.73. The Morgan fingerprint density at radius 2 is 1.67 bits per heavy atom. The molecule has 0 saturated carbocycles. The van der Waals surface area contributed by atoms with Crippen LogP contribution in [0.1, 0.15) is 0 Å². The molecule has 0 aromatic heterocycles. The second kappa shape index (κ2) is 6.06. The Bertz CT molecular complexity index is 449. The number of anilines is 1. The molecule has 0 saturated heterocycles. The molecule has 7 heteroatoms. The van der Waals surface area contributed by atoms with Crippen molar-refractivity contribution in [3.8, 4) is 17.2 Å². The summed E-state index contributed by atoms with van der Waals surface area (Å²) in [6.07, 6.45) is 0. The highest BCUT2D eigenvalue weighted by atomic mass is 32.1. The number of thiocarbonyl (C=S) groups is 1. The number of methoxy groups -OCH3 is 3. The van der Waals surface area contributed by atoms with Crippen LogP contribution in [0.25, 0.3) is 0 Å². The van der Waals surface area contributed by atoms with E-state index in [1.807, 2.05) is 0 Å². The lowest BCUT2D eigenvalue weighted by Crippen LogP contribution is -2.19. The highest BCUT2D eigenvalue weighted by Crippen LogP contribution is 2.39. The highest BCUT2D eigenvalue weighted by molar-refractivity contribution is 7.82. The molecule has 18 heavy (non-hydrogen) atoms. The normalized spacial score (nSPS) is 9.50. The van der Waals surface area contributed by atoms with Gasteiger partial charge in [0.1, 0.15) is 0 Å². The third-order valence-corrected chi connectivity index (χ3v) is 2.39. The minimum atomic E-state index is -1.21. The Morgan fingerprint density at radius 3 is 2.00 bits per heavy atom. The predicted molar refractivity (Wildman–Crippen MR) is 70.0 cm³/mol. The SMILES string of the molecule is COc1cc(NC(=S)C(=O)O)cc(OC)c1OC. The largest absolute Gasteiger partial charge is 0.493 e. The third-order valence-electron chi connectivity index (χ3n) is 2.12. The number of hydrogen-bond donors (Lipinski definition) is 2. The van der Waals surface area contributed by atoms with Crippen molar-refractivity contribution in [2.45, 2.75) is 0 Å². The molecule has 0 bridgehead atoms. The summed E-state index contributed by atoms with van der Waals surface area (Å²) in [6.45, 7) is 0. The van der Waals surface area contributed by atoms with Crippen LogP contribution in [-0.2, 0) is 4.79 Å². The van der Waals surface area contributed by atoms with Crippen LogP contribution < -0.4 is 19.5 Å². The van der Waals surface area contributed by atoms with Crippen molar-refractivity contribution in [3.63, 3.8) is 0 Å². The average molecular weight is 271 g/mol. The maximum atomic E-state index is 10.6. The summed E-state index contributed by atoms with van der Waals surface area (Å²) < 4.78 is 15.4. The molecule has 0 aliphatic rings. The van der Waals surface area contributed by atoms with Crippen molar-refractivity contribution in [3.05, 3.63) is 12.1 Å². The lowest BCUT2D eigenvalue weighted by Gasteiger charge is -2.14. The van der Waals surface area contributed by atoms with Crippen LogP contribution in [0, 0.1) is 0 Å². The second-order valence-corrected chi connectivity index (χ2v) is 3.58. The third kappa shape index (κ3) is 3.01. The number of nitrogens with one attached hydrogen (secondary N) is 1. The van der Waals surface area contributed by atoms with E-state index < -0.39 is 5.97 Å². The molecule has 0 radical (unpaired) electrons. The van der Waals surface area contributed by atoms with Gasteiger partial charge in [-0.1, -0.05) is 12.2 Å². The van der Waals surface area contributed by atoms with E-state index in [2.05, 4.69) is 17.5 Å². The first-order valence-electron chi connectivity index (χ1n) is 4.87. The Morgan fingerprint density at radius 1 is 1.17 bits per heavy atom. The zero-order valence-corrected chi connectivity index (χ0v) is 11.0. The molecular formula is C11H13NO5S. The number of carboxylic acids is 1. The quantitative estimate of drug-likeness (QED) is 0.804. The van der Waals surface area contributed by atoms with Gasteiger partial charge in [0.25, 0.3) is 0 Å². The van der Waals surface area contributed by atoms with E-state index in [0.29, 0.717) is 22.9 Å². The highest BCUT2D eigenvalue weighted by Gasteiger charge is 2.15. The molecule has 1 rings (SSSR count). The lowest BCUT2D eigenvalue weighted by molar-refractivity contribution is -0.129. The van der Waals surface area contributed by atoms with E-state index in [0.717, 1.165) is 0 Å². The fraction of sp³-hybridized carbons (Fsp3) is 0.273. The number of carboxylic acid groups (broad SMARTS) is 1. The minimum absolute atomic E-state index is 0.315. The fourth-order valence-electron chi connectivity index (χ4n) is 1.34. The zero-order valence-electron chi connectivity index (χ0n) is 10.1. The van der Waals surface area contributed by atoms with E-state index in [4.69, 9.17) is 19.3 Å². The summed E-state index contributed by atoms with van der Waals surface area (Å²) in [4.78, 5) is 10.3. The van der Waals surface area contributed by atoms with Crippen molar-refractivity contribution in [2.75, 3.05) is 26.6 Å². The molecule has 98 valence electrons. The summed E-state index contributed by atoms with van der Waals surface area (Å²) in [5, 5.41) is 11.3. The summed E-state index contributed by atoms with van der Waals surface area (Å²) >= 11 is 4.66. The first-order chi connectivity index (χ1) is 8.53. The molecule has 0 fully saturated rings. The van der Waals surface area contributed by atoms with Gasteiger partial charge in [0.2, 0.25) is 5.75 Å². The van der Waals surface area contributed by atoms with E-state index in [9.17, 15) is 4.79 Å². The van der Waals surface area contributed by atoms with Crippen LogP contribution in [0.2, 0.25) is 0 Å². The molecule has 0 spiro atoms. The smallest absolute Gasteiger partial charge is 0.363 e. The van der Waals surface area contributed by atoms with Crippen LogP contribution in [0.4, 0.5) is 5.69 Å². The molecule has 1 aromatic carbocycles. The molecule has 0 atom stereocenters. The standard InChI is InChI=1S/C11H13NO5S/c1-15-7-4-6(12-10(18)11(13)14)5-8(16-2)9(7)17-3/h4-5H,1-3H3,(H,12,18)(H,13,14). The Balaban J connectivity index is 3.15. The van der Waals surface area contributed by atoms with Crippen molar-refractivity contribution < 1.29 is 24.1 Å². The van der Waals surface area contributed by atoms with Crippen molar-refractivity contribution >= 4 is 28.9 Å². The summed E-state index contributed by atoms with van der Waals surface area (Å²) in [7, 11) is 4.42. The van der Waals surface area contributed by atoms with Gasteiger partial charge < -0.3 is 24.6 Å². The molecule has 0 aliphatic carbocycles. The molecular weight excluding hydrogens is 258 g/mol. The lowest BCUT2D eigenvalue weighted by atomic mass is 10.2. The van der Waals surface area contributed by atoms with E-state index in [-0.39, 0.29) is 4.99 Å². The zero-order chi connectivity index (χ0) is 13.7. The summed E-state index contributed by atoms with van der Waals surface area (Å²) in [5.41, 5.74) is 0.442. The van der Waals surface area contributed by atoms with E-state index in [1.165, 1.54) is 21.3 Å². The van der Waals surface area contributed by atoms with Crippen LogP contribution in [0.15, 0.2) is 12.1 Å². The minimum Gasteiger partial charge on any atom is -0.493 e. The maximum Gasteiger partial charge on any atom is 0.363 e. The molecule has 0 unspecified atom stereocenters. The molecule has 0 heterocycles. The number of rotatable bonds is 4. The van der Waals surface area contributed by atoms with Crippen molar-refractivity contribution in [2.24, 2.45) is 0 Å². The van der Waals surface area contributed by atoms with Crippen LogP contribution >= 0.6 is 12.2 Å². The van der Waals surface area contributed by atoms with Gasteiger partial charge in [-0.25, -0.2) is 4.79 Å². The molecule has 6 nitrogen and oxygen atoms in total. The van der Waals surface area contributed by atoms with Crippen molar-refractivity contribution in [1.82, 2.24) is 0 Å². The molecule has 1 aromatic rings. The predicted octanol–water partition coefficient (Wildman–Crippen LogP) is 1.54. The van der Waals surface area contributed by atoms with Crippen LogP contribution in [0.3, 0.4) is 0 Å². The summed E-state index contributed by atoms with van der Waals surface area (Å²) in [6, 6.07) is 3.13. The average Bonchev–Trinajstić information content (AvgIpc) is 2.37. The first-order valence-corrected chi connectivity index (χ1v) is 5.28. The number of hydrogen-bond acceptors (Lipinski definition) is 5. The first kappa shape index (κ1) is 14.0. The van der Waals surface area contributed by atoms with Gasteiger partial charge >= 0.3 is 5.97 Å². The van der Waals surface area contributed by atoms with Gasteiger partial charge in [0, 0.05) is 17.8 Å². The molecule has 2 N–H and O–H groups in total. The number of ether oxygens (including phenoxy) is 3. The molecule has 0 aliphatic heterocycles. The van der Waals surface area contributed by atoms with Gasteiger partial charge in [-0.3, -0.25) is 0 Å². The number of aliphatic carboxylic acids is 1. The summed E-state index contributed by atoms with van der Waals surface area (Å²) in [5.74, 6) is 0.0330. The fourth-order valence-corrected chi connectivity index (χ4v) is 1.46. The van der Waals surface area contributed by atoms with Gasteiger partial charge in [-0.05, 0) is 0 Å². The Labute approximate surface area is 109 Å². The Hall–Kier alpha value is -2.02. The van der Waals surface area contributed by atoms with Gasteiger partial charge in [0.15, 0.2) is 16.5 Å². The van der Waals surface area contributed by atoms with Gasteiger partial charge in [-0.2, -0.15) is 0 Å². The van der Waals surface area contributed by atoms with E-state index >= 15 is 0 Å². The number of carbonyl (C=O) groups is 1. The number of benzene rings is 1. The van der Waals surface area contributed by atoms with Gasteiger partial charge in [0.05, 0.1) is 21.3 Å². The second-order valence-electron chi connectivity index (χ2n) is 3.17. The van der Waals surface area contributed by atoms with Crippen LogP contribution in [-0.4, -0.2) is 37.4 Å². The van der Waals surface area contributed by atoms with E-state index in [1.54, 1.807) is 12.1 Å². The monoisotopic (exact) mass is 271 g/mol. The van der Waals surface area contributed by atoms with Gasteiger partial charge in [-0.15, -0.1) is 0 Å². The van der Waals surface area contributed by atoms with Crippen molar-refractivity contribution in [1.29, 1.82) is 0 Å². The van der Waals surface area contributed by atoms with Crippen LogP contribution in [0.5, 0.6) is 17.2 Å². The topological polar surface area (TPSA) is 77.0 Å². The molecule has 0 amide bonds. The maximum absolute atomic E-state index is 10.6.